The topological polar surface area (TPSA) is 86.9 Å². The number of nitrogens with zero attached hydrogens (tertiary/aromatic N) is 7. The molecule has 2 aromatic rings. The Bertz CT molecular complexity index is 843. The third kappa shape index (κ3) is 2.87. The number of amides is 2. The van der Waals surface area contributed by atoms with Crippen LogP contribution in [0.3, 0.4) is 0 Å². The molecule has 26 heavy (non-hydrogen) atoms. The normalized spacial score (nSPS) is 23.7. The lowest BCUT2D eigenvalue weighted by molar-refractivity contribution is -0.141. The maximum absolute atomic E-state index is 13.0. The molecular weight excluding hydrogens is 334 g/mol. The quantitative estimate of drug-likeness (QED) is 0.754. The van der Waals surface area contributed by atoms with Gasteiger partial charge in [0, 0.05) is 46.2 Å². The maximum Gasteiger partial charge on any atom is 0.230 e. The third-order valence-electron chi connectivity index (χ3n) is 5.47. The van der Waals surface area contributed by atoms with Crippen molar-refractivity contribution in [2.45, 2.75) is 20.3 Å². The van der Waals surface area contributed by atoms with Gasteiger partial charge in [-0.2, -0.15) is 4.52 Å². The van der Waals surface area contributed by atoms with Crippen molar-refractivity contribution in [3.8, 4) is 0 Å². The van der Waals surface area contributed by atoms with Gasteiger partial charge in [-0.1, -0.05) is 0 Å². The number of piperazine rings is 1. The number of fused-ring (bicyclic) bond motifs is 1. The molecule has 0 N–H and O–H groups in total. The first-order valence-electron chi connectivity index (χ1n) is 8.93. The van der Waals surface area contributed by atoms with Crippen LogP contribution in [0.4, 0.5) is 5.82 Å². The van der Waals surface area contributed by atoms with Gasteiger partial charge < -0.3 is 14.7 Å². The van der Waals surface area contributed by atoms with E-state index in [1.165, 1.54) is 0 Å². The number of carbonyl (C=O) groups is 2. The highest BCUT2D eigenvalue weighted by atomic mass is 16.2. The van der Waals surface area contributed by atoms with Gasteiger partial charge in [-0.3, -0.25) is 9.59 Å². The Morgan fingerprint density at radius 3 is 2.54 bits per heavy atom. The number of aromatic nitrogens is 4. The number of likely N-dealkylation sites (tertiary alicyclic amines) is 1. The summed E-state index contributed by atoms with van der Waals surface area (Å²) >= 11 is 0. The number of hydrogen-bond acceptors (Lipinski definition) is 6. The molecule has 2 aliphatic heterocycles. The van der Waals surface area contributed by atoms with Crippen LogP contribution in [0.1, 0.15) is 20.3 Å². The van der Waals surface area contributed by atoms with Crippen LogP contribution in [0.5, 0.6) is 0 Å². The molecule has 138 valence electrons. The van der Waals surface area contributed by atoms with Crippen LogP contribution in [-0.2, 0) is 9.59 Å². The fourth-order valence-corrected chi connectivity index (χ4v) is 3.81. The minimum absolute atomic E-state index is 0.0433. The van der Waals surface area contributed by atoms with Crippen LogP contribution in [0.2, 0.25) is 0 Å². The Balaban J connectivity index is 1.40. The predicted molar refractivity (Wildman–Crippen MR) is 94.6 cm³/mol. The molecule has 0 spiro atoms. The average molecular weight is 357 g/mol. The van der Waals surface area contributed by atoms with Crippen molar-refractivity contribution in [3.63, 3.8) is 0 Å². The van der Waals surface area contributed by atoms with Crippen molar-refractivity contribution in [3.05, 3.63) is 18.5 Å². The highest BCUT2D eigenvalue weighted by Crippen LogP contribution is 2.32. The van der Waals surface area contributed by atoms with Crippen molar-refractivity contribution < 1.29 is 9.59 Å². The van der Waals surface area contributed by atoms with E-state index in [0.717, 1.165) is 25.3 Å². The van der Waals surface area contributed by atoms with Gasteiger partial charge in [0.15, 0.2) is 5.65 Å². The second-order valence-corrected chi connectivity index (χ2v) is 7.36. The summed E-state index contributed by atoms with van der Waals surface area (Å²) in [7, 11) is 0. The van der Waals surface area contributed by atoms with Crippen LogP contribution in [-0.4, -0.2) is 80.7 Å². The highest BCUT2D eigenvalue weighted by Gasteiger charge is 2.43. The largest absolute Gasteiger partial charge is 0.352 e. The van der Waals surface area contributed by atoms with Gasteiger partial charge in [-0.15, -0.1) is 15.3 Å². The van der Waals surface area contributed by atoms with E-state index < -0.39 is 5.41 Å². The monoisotopic (exact) mass is 357 g/mol. The zero-order chi connectivity index (χ0) is 18.3. The highest BCUT2D eigenvalue weighted by molar-refractivity contribution is 5.85. The van der Waals surface area contributed by atoms with Gasteiger partial charge in [-0.05, 0) is 25.5 Å². The van der Waals surface area contributed by atoms with E-state index in [1.54, 1.807) is 22.7 Å². The maximum atomic E-state index is 13.0. The first-order valence-corrected chi connectivity index (χ1v) is 8.93. The molecule has 9 heteroatoms. The van der Waals surface area contributed by atoms with E-state index in [9.17, 15) is 9.59 Å². The molecule has 2 aromatic heterocycles. The summed E-state index contributed by atoms with van der Waals surface area (Å²) in [6.45, 7) is 7.53. The van der Waals surface area contributed by atoms with Crippen LogP contribution < -0.4 is 4.90 Å². The summed E-state index contributed by atoms with van der Waals surface area (Å²) in [5.74, 6) is 1.06. The molecular formula is C17H23N7O2. The van der Waals surface area contributed by atoms with Crippen LogP contribution in [0.25, 0.3) is 5.65 Å². The Morgan fingerprint density at radius 2 is 1.85 bits per heavy atom. The minimum atomic E-state index is -0.465. The predicted octanol–water partition coefficient (Wildman–Crippen LogP) is 0.0314. The van der Waals surface area contributed by atoms with Gasteiger partial charge in [-0.25, -0.2) is 0 Å². The van der Waals surface area contributed by atoms with Gasteiger partial charge in [0.05, 0.1) is 5.41 Å². The zero-order valence-corrected chi connectivity index (χ0v) is 15.1. The van der Waals surface area contributed by atoms with Gasteiger partial charge in [0.1, 0.15) is 12.1 Å². The molecule has 0 radical (unpaired) electrons. The lowest BCUT2D eigenvalue weighted by Crippen LogP contribution is -2.53. The molecule has 2 saturated heterocycles. The lowest BCUT2D eigenvalue weighted by atomic mass is 9.87. The summed E-state index contributed by atoms with van der Waals surface area (Å²) < 4.78 is 1.66. The van der Waals surface area contributed by atoms with E-state index >= 15 is 0 Å². The Morgan fingerprint density at radius 1 is 1.08 bits per heavy atom. The fourth-order valence-electron chi connectivity index (χ4n) is 3.81. The molecule has 2 aliphatic rings. The number of hydrogen-bond donors (Lipinski definition) is 0. The summed E-state index contributed by atoms with van der Waals surface area (Å²) in [6, 6.07) is 3.83. The van der Waals surface area contributed by atoms with Crippen LogP contribution in [0, 0.1) is 5.41 Å². The summed E-state index contributed by atoms with van der Waals surface area (Å²) in [4.78, 5) is 30.5. The summed E-state index contributed by atoms with van der Waals surface area (Å²) in [5.41, 5.74) is 0.250. The van der Waals surface area contributed by atoms with Gasteiger partial charge >= 0.3 is 0 Å². The Kier molecular flexibility index (Phi) is 4.01. The summed E-state index contributed by atoms with van der Waals surface area (Å²) in [5, 5.41) is 12.3. The first-order chi connectivity index (χ1) is 12.5. The first kappa shape index (κ1) is 16.7. The van der Waals surface area contributed by atoms with E-state index in [0.29, 0.717) is 31.8 Å². The van der Waals surface area contributed by atoms with Crippen molar-refractivity contribution >= 4 is 23.3 Å². The molecule has 1 atom stereocenters. The fraction of sp³-hybridized carbons (Fsp3) is 0.588. The minimum Gasteiger partial charge on any atom is -0.352 e. The molecule has 4 heterocycles. The Labute approximate surface area is 151 Å². The van der Waals surface area contributed by atoms with Crippen molar-refractivity contribution in [2.24, 2.45) is 5.41 Å². The molecule has 2 amide bonds. The molecule has 2 fully saturated rings. The number of anilines is 1. The van der Waals surface area contributed by atoms with Crippen LogP contribution >= 0.6 is 0 Å². The van der Waals surface area contributed by atoms with Gasteiger partial charge in [0.25, 0.3) is 0 Å². The van der Waals surface area contributed by atoms with Crippen molar-refractivity contribution in [1.82, 2.24) is 29.6 Å². The van der Waals surface area contributed by atoms with Gasteiger partial charge in [0.2, 0.25) is 11.8 Å². The molecule has 0 aliphatic carbocycles. The second kappa shape index (κ2) is 6.22. The Hall–Kier alpha value is -2.71. The smallest absolute Gasteiger partial charge is 0.230 e. The molecule has 0 saturated carbocycles. The van der Waals surface area contributed by atoms with E-state index in [-0.39, 0.29) is 11.8 Å². The van der Waals surface area contributed by atoms with Crippen molar-refractivity contribution in [2.75, 3.05) is 44.2 Å². The lowest BCUT2D eigenvalue weighted by Gasteiger charge is -2.38. The molecule has 0 aromatic carbocycles. The van der Waals surface area contributed by atoms with E-state index in [4.69, 9.17) is 0 Å². The summed E-state index contributed by atoms with van der Waals surface area (Å²) in [6.07, 6.45) is 2.32. The molecule has 9 nitrogen and oxygen atoms in total. The SMILES string of the molecule is CC(=O)N1CCC(C)(C(=O)N2CCN(c3ccc4nncn4n3)CC2)C1. The van der Waals surface area contributed by atoms with Crippen LogP contribution in [0.15, 0.2) is 18.5 Å². The molecule has 4 rings (SSSR count). The molecule has 0 bridgehead atoms. The molecule has 1 unspecified atom stereocenters. The standard InChI is InChI=1S/C17H23N7O2/c1-13(25)23-6-5-17(2,11-23)16(26)22-9-7-21(8-10-22)15-4-3-14-19-18-12-24(14)20-15/h3-4,12H,5-11H2,1-2H3. The van der Waals surface area contributed by atoms with E-state index in [2.05, 4.69) is 20.2 Å². The number of rotatable bonds is 2. The zero-order valence-electron chi connectivity index (χ0n) is 15.1. The van der Waals surface area contributed by atoms with Crippen molar-refractivity contribution in [1.29, 1.82) is 0 Å². The van der Waals surface area contributed by atoms with E-state index in [1.807, 2.05) is 24.0 Å². The number of carbonyl (C=O) groups excluding carboxylic acids is 2. The second-order valence-electron chi connectivity index (χ2n) is 7.36. The third-order valence-corrected chi connectivity index (χ3v) is 5.47. The average Bonchev–Trinajstić information content (AvgIpc) is 3.28.